The van der Waals surface area contributed by atoms with Gasteiger partial charge in [0.1, 0.15) is 0 Å². The van der Waals surface area contributed by atoms with Crippen molar-refractivity contribution in [3.05, 3.63) is 71.8 Å². The minimum Gasteiger partial charge on any atom is -0.393 e. The molecule has 0 heterocycles. The lowest BCUT2D eigenvalue weighted by atomic mass is 9.86. The van der Waals surface area contributed by atoms with Gasteiger partial charge >= 0.3 is 0 Å². The van der Waals surface area contributed by atoms with Crippen molar-refractivity contribution in [1.82, 2.24) is 0 Å². The Bertz CT molecular complexity index is 424. The fourth-order valence-electron chi connectivity index (χ4n) is 2.46. The van der Waals surface area contributed by atoms with E-state index in [-0.39, 0.29) is 6.10 Å². The van der Waals surface area contributed by atoms with Crippen molar-refractivity contribution in [2.45, 2.75) is 38.2 Å². The minimum absolute atomic E-state index is 0.185. The highest BCUT2D eigenvalue weighted by molar-refractivity contribution is 5.32. The molecule has 0 radical (unpaired) electrons. The highest BCUT2D eigenvalue weighted by atomic mass is 16.3. The van der Waals surface area contributed by atoms with Crippen LogP contribution < -0.4 is 0 Å². The van der Waals surface area contributed by atoms with Gasteiger partial charge in [-0.3, -0.25) is 0 Å². The number of hydrogen-bond donors (Lipinski definition) is 1. The second kappa shape index (κ2) is 7.10. The van der Waals surface area contributed by atoms with Gasteiger partial charge in [0.15, 0.2) is 0 Å². The summed E-state index contributed by atoms with van der Waals surface area (Å²) in [5, 5.41) is 9.80. The Morgan fingerprint density at radius 2 is 1.26 bits per heavy atom. The zero-order valence-corrected chi connectivity index (χ0v) is 11.5. The number of aliphatic hydroxyl groups excluding tert-OH is 1. The quantitative estimate of drug-likeness (QED) is 0.811. The normalized spacial score (nSPS) is 12.6. The van der Waals surface area contributed by atoms with Crippen LogP contribution in [0.2, 0.25) is 0 Å². The molecule has 0 aliphatic carbocycles. The number of rotatable bonds is 6. The van der Waals surface area contributed by atoms with Crippen LogP contribution in [-0.4, -0.2) is 11.2 Å². The van der Waals surface area contributed by atoms with Crippen LogP contribution in [0.15, 0.2) is 60.7 Å². The zero-order valence-electron chi connectivity index (χ0n) is 11.5. The number of aliphatic hydroxyl groups is 1. The van der Waals surface area contributed by atoms with Gasteiger partial charge in [-0.2, -0.15) is 0 Å². The molecule has 2 rings (SSSR count). The molecule has 0 spiro atoms. The highest BCUT2D eigenvalue weighted by Gasteiger charge is 2.15. The first kappa shape index (κ1) is 13.8. The summed E-state index contributed by atoms with van der Waals surface area (Å²) >= 11 is 0. The molecule has 0 saturated carbocycles. The third-order valence-electron chi connectivity index (χ3n) is 3.66. The first-order valence-corrected chi connectivity index (χ1v) is 7.09. The van der Waals surface area contributed by atoms with Gasteiger partial charge in [-0.15, -0.1) is 0 Å². The molecule has 0 fully saturated rings. The molecule has 2 aromatic rings. The van der Waals surface area contributed by atoms with E-state index < -0.39 is 0 Å². The van der Waals surface area contributed by atoms with E-state index in [2.05, 4.69) is 48.5 Å². The Morgan fingerprint density at radius 1 is 0.789 bits per heavy atom. The first-order valence-electron chi connectivity index (χ1n) is 7.09. The van der Waals surface area contributed by atoms with Crippen LogP contribution in [0.1, 0.15) is 43.2 Å². The monoisotopic (exact) mass is 254 g/mol. The predicted octanol–water partition coefficient (Wildman–Crippen LogP) is 4.37. The minimum atomic E-state index is -0.185. The van der Waals surface area contributed by atoms with Crippen LogP contribution in [-0.2, 0) is 0 Å². The fraction of sp³-hybridized carbons (Fsp3) is 0.333. The summed E-state index contributed by atoms with van der Waals surface area (Å²) in [5.41, 5.74) is 2.66. The Hall–Kier alpha value is -1.60. The summed E-state index contributed by atoms with van der Waals surface area (Å²) in [6, 6.07) is 21.1. The average molecular weight is 254 g/mol. The smallest absolute Gasteiger partial charge is 0.0538 e. The number of benzene rings is 2. The molecule has 0 aliphatic heterocycles. The van der Waals surface area contributed by atoms with Gasteiger partial charge in [-0.1, -0.05) is 67.6 Å². The van der Waals surface area contributed by atoms with Crippen molar-refractivity contribution < 1.29 is 5.11 Å². The van der Waals surface area contributed by atoms with E-state index in [1.165, 1.54) is 11.1 Å². The maximum Gasteiger partial charge on any atom is 0.0538 e. The van der Waals surface area contributed by atoms with E-state index in [0.717, 1.165) is 19.3 Å². The van der Waals surface area contributed by atoms with E-state index >= 15 is 0 Å². The van der Waals surface area contributed by atoms with Crippen LogP contribution in [0.25, 0.3) is 0 Å². The molecule has 0 saturated heterocycles. The second-order valence-corrected chi connectivity index (χ2v) is 5.01. The largest absolute Gasteiger partial charge is 0.393 e. The topological polar surface area (TPSA) is 20.2 Å². The van der Waals surface area contributed by atoms with Gasteiger partial charge in [0.05, 0.1) is 6.10 Å². The lowest BCUT2D eigenvalue weighted by Gasteiger charge is -2.19. The lowest BCUT2D eigenvalue weighted by molar-refractivity contribution is 0.156. The summed E-state index contributed by atoms with van der Waals surface area (Å²) in [6.45, 7) is 2.03. The Kier molecular flexibility index (Phi) is 5.17. The molecule has 100 valence electrons. The molecule has 0 aromatic heterocycles. The van der Waals surface area contributed by atoms with Crippen molar-refractivity contribution >= 4 is 0 Å². The SMILES string of the molecule is CCC(O)CCC(c1ccccc1)c1ccccc1. The Balaban J connectivity index is 2.19. The molecule has 1 nitrogen and oxygen atoms in total. The Morgan fingerprint density at radius 3 is 1.68 bits per heavy atom. The lowest BCUT2D eigenvalue weighted by Crippen LogP contribution is -2.09. The maximum atomic E-state index is 9.80. The van der Waals surface area contributed by atoms with Gasteiger partial charge in [0, 0.05) is 5.92 Å². The van der Waals surface area contributed by atoms with Crippen LogP contribution >= 0.6 is 0 Å². The molecule has 19 heavy (non-hydrogen) atoms. The molecule has 1 N–H and O–H groups in total. The molecule has 1 heteroatoms. The fourth-order valence-corrected chi connectivity index (χ4v) is 2.46. The van der Waals surface area contributed by atoms with Crippen LogP contribution in [0.5, 0.6) is 0 Å². The molecule has 1 unspecified atom stereocenters. The highest BCUT2D eigenvalue weighted by Crippen LogP contribution is 2.29. The first-order chi connectivity index (χ1) is 9.31. The van der Waals surface area contributed by atoms with Crippen LogP contribution in [0.4, 0.5) is 0 Å². The van der Waals surface area contributed by atoms with Gasteiger partial charge in [-0.05, 0) is 30.4 Å². The van der Waals surface area contributed by atoms with Crippen LogP contribution in [0, 0.1) is 0 Å². The van der Waals surface area contributed by atoms with Gasteiger partial charge in [-0.25, -0.2) is 0 Å². The second-order valence-electron chi connectivity index (χ2n) is 5.01. The summed E-state index contributed by atoms with van der Waals surface area (Å²) in [4.78, 5) is 0. The molecule has 0 amide bonds. The van der Waals surface area contributed by atoms with Crippen LogP contribution in [0.3, 0.4) is 0 Å². The molecular weight excluding hydrogens is 232 g/mol. The summed E-state index contributed by atoms with van der Waals surface area (Å²) < 4.78 is 0. The Labute approximate surface area is 115 Å². The third kappa shape index (κ3) is 3.93. The van der Waals surface area contributed by atoms with Crippen molar-refractivity contribution in [3.8, 4) is 0 Å². The summed E-state index contributed by atoms with van der Waals surface area (Å²) in [7, 11) is 0. The standard InChI is InChI=1S/C18H22O/c1-2-17(19)13-14-18(15-9-5-3-6-10-15)16-11-7-4-8-12-16/h3-12,17-19H,2,13-14H2,1H3. The molecule has 1 atom stereocenters. The van der Waals surface area contributed by atoms with Gasteiger partial charge in [0.2, 0.25) is 0 Å². The van der Waals surface area contributed by atoms with E-state index in [0.29, 0.717) is 5.92 Å². The predicted molar refractivity (Wildman–Crippen MR) is 80.3 cm³/mol. The maximum absolute atomic E-state index is 9.80. The van der Waals surface area contributed by atoms with E-state index in [4.69, 9.17) is 0 Å². The van der Waals surface area contributed by atoms with Gasteiger partial charge in [0.25, 0.3) is 0 Å². The van der Waals surface area contributed by atoms with Crippen molar-refractivity contribution in [1.29, 1.82) is 0 Å². The summed E-state index contributed by atoms with van der Waals surface area (Å²) in [5.74, 6) is 0.378. The molecule has 2 aromatic carbocycles. The average Bonchev–Trinajstić information content (AvgIpc) is 2.49. The number of hydrogen-bond acceptors (Lipinski definition) is 1. The van der Waals surface area contributed by atoms with E-state index in [1.54, 1.807) is 0 Å². The van der Waals surface area contributed by atoms with Crippen molar-refractivity contribution in [2.24, 2.45) is 0 Å². The molecule has 0 bridgehead atoms. The van der Waals surface area contributed by atoms with Crippen molar-refractivity contribution in [3.63, 3.8) is 0 Å². The molecular formula is C18H22O. The van der Waals surface area contributed by atoms with E-state index in [1.807, 2.05) is 19.1 Å². The summed E-state index contributed by atoms with van der Waals surface area (Å²) in [6.07, 6.45) is 2.49. The zero-order chi connectivity index (χ0) is 13.5. The third-order valence-corrected chi connectivity index (χ3v) is 3.66. The van der Waals surface area contributed by atoms with Crippen molar-refractivity contribution in [2.75, 3.05) is 0 Å². The van der Waals surface area contributed by atoms with E-state index in [9.17, 15) is 5.11 Å². The molecule has 0 aliphatic rings. The van der Waals surface area contributed by atoms with Gasteiger partial charge < -0.3 is 5.11 Å².